The van der Waals surface area contributed by atoms with Crippen LogP contribution in [0.4, 0.5) is 0 Å². The molecular formula is C15H26O3Si. The van der Waals surface area contributed by atoms with E-state index in [9.17, 15) is 4.79 Å². The SMILES string of the molecule is C=C(/C=C\C1OC1[Si](C)(C)C(C)(C)C)C(=O)OCC. The Bertz CT molecular complexity index is 391. The van der Waals surface area contributed by atoms with Gasteiger partial charge in [-0.2, -0.15) is 0 Å². The topological polar surface area (TPSA) is 38.8 Å². The Balaban J connectivity index is 2.56. The first-order valence-corrected chi connectivity index (χ1v) is 9.88. The Labute approximate surface area is 117 Å². The first-order valence-electron chi connectivity index (χ1n) is 6.81. The van der Waals surface area contributed by atoms with Crippen LogP contribution in [0.5, 0.6) is 0 Å². The zero-order chi connectivity index (χ0) is 14.8. The van der Waals surface area contributed by atoms with Crippen LogP contribution < -0.4 is 0 Å². The molecular weight excluding hydrogens is 256 g/mol. The van der Waals surface area contributed by atoms with Crippen LogP contribution >= 0.6 is 0 Å². The second kappa shape index (κ2) is 5.63. The number of carbonyl (C=O) groups excluding carboxylic acids is 1. The number of rotatable bonds is 5. The average Bonchev–Trinajstić information content (AvgIpc) is 3.04. The van der Waals surface area contributed by atoms with Crippen LogP contribution in [0.25, 0.3) is 0 Å². The molecule has 2 unspecified atom stereocenters. The van der Waals surface area contributed by atoms with E-state index in [1.165, 1.54) is 0 Å². The Kier molecular flexibility index (Phi) is 4.80. The maximum Gasteiger partial charge on any atom is 0.337 e. The lowest BCUT2D eigenvalue weighted by atomic mass is 10.2. The summed E-state index contributed by atoms with van der Waals surface area (Å²) in [5, 5.41) is 0.304. The molecule has 0 aliphatic carbocycles. The van der Waals surface area contributed by atoms with Gasteiger partial charge in [0.25, 0.3) is 0 Å². The molecule has 0 aromatic rings. The van der Waals surface area contributed by atoms with Gasteiger partial charge in [0, 0.05) is 0 Å². The highest BCUT2D eigenvalue weighted by molar-refractivity contribution is 6.82. The summed E-state index contributed by atoms with van der Waals surface area (Å²) in [5.41, 5.74) is 0.713. The first-order chi connectivity index (χ1) is 8.61. The third-order valence-electron chi connectivity index (χ3n) is 4.19. The quantitative estimate of drug-likeness (QED) is 0.255. The van der Waals surface area contributed by atoms with Crippen LogP contribution in [0.2, 0.25) is 18.1 Å². The zero-order valence-corrected chi connectivity index (χ0v) is 13.9. The summed E-state index contributed by atoms with van der Waals surface area (Å²) < 4.78 is 10.7. The van der Waals surface area contributed by atoms with Crippen LogP contribution in [-0.2, 0) is 14.3 Å². The lowest BCUT2D eigenvalue weighted by Gasteiger charge is -2.35. The molecule has 2 atom stereocenters. The lowest BCUT2D eigenvalue weighted by Crippen LogP contribution is -2.44. The third kappa shape index (κ3) is 3.80. The molecule has 0 aromatic carbocycles. The van der Waals surface area contributed by atoms with Gasteiger partial charge < -0.3 is 9.47 Å². The van der Waals surface area contributed by atoms with Crippen LogP contribution in [0.1, 0.15) is 27.7 Å². The number of hydrogen-bond donors (Lipinski definition) is 0. The maximum atomic E-state index is 11.4. The molecule has 0 spiro atoms. The maximum absolute atomic E-state index is 11.4. The molecule has 1 fully saturated rings. The molecule has 1 saturated heterocycles. The summed E-state index contributed by atoms with van der Waals surface area (Å²) in [5.74, 6) is -0.358. The van der Waals surface area contributed by atoms with Crippen molar-refractivity contribution in [1.29, 1.82) is 0 Å². The van der Waals surface area contributed by atoms with Crippen LogP contribution in [-0.4, -0.2) is 32.5 Å². The summed E-state index contributed by atoms with van der Waals surface area (Å²) in [4.78, 5) is 11.4. The number of esters is 1. The van der Waals surface area contributed by atoms with Crippen LogP contribution in [0, 0.1) is 0 Å². The molecule has 4 heteroatoms. The van der Waals surface area contributed by atoms with E-state index in [4.69, 9.17) is 9.47 Å². The van der Waals surface area contributed by atoms with Gasteiger partial charge in [0.15, 0.2) is 0 Å². The second-order valence-electron chi connectivity index (χ2n) is 6.60. The standard InChI is InChI=1S/C15H26O3Si/c1-8-17-13(16)11(2)9-10-12-14(18-12)19(6,7)15(3,4)5/h9-10,12,14H,2,8H2,1,3-7H3/b10-9-. The Morgan fingerprint density at radius 2 is 2.00 bits per heavy atom. The van der Waals surface area contributed by atoms with Crippen molar-refractivity contribution in [3.05, 3.63) is 24.3 Å². The third-order valence-corrected chi connectivity index (χ3v) is 9.95. The summed E-state index contributed by atoms with van der Waals surface area (Å²) in [6.07, 6.45) is 3.78. The Hall–Kier alpha value is -0.873. The Morgan fingerprint density at radius 1 is 1.42 bits per heavy atom. The van der Waals surface area contributed by atoms with Crippen molar-refractivity contribution in [2.75, 3.05) is 6.61 Å². The Morgan fingerprint density at radius 3 is 2.47 bits per heavy atom. The number of hydrogen-bond acceptors (Lipinski definition) is 3. The zero-order valence-electron chi connectivity index (χ0n) is 12.9. The predicted molar refractivity (Wildman–Crippen MR) is 80.8 cm³/mol. The largest absolute Gasteiger partial charge is 0.462 e. The van der Waals surface area contributed by atoms with E-state index in [1.807, 2.05) is 6.08 Å². The van der Waals surface area contributed by atoms with Crippen molar-refractivity contribution in [2.45, 2.75) is 57.7 Å². The van der Waals surface area contributed by atoms with E-state index >= 15 is 0 Å². The fraction of sp³-hybridized carbons (Fsp3) is 0.667. The van der Waals surface area contributed by atoms with Gasteiger partial charge in [-0.3, -0.25) is 0 Å². The van der Waals surface area contributed by atoms with E-state index in [0.29, 0.717) is 22.9 Å². The molecule has 1 aliphatic rings. The summed E-state index contributed by atoms with van der Waals surface area (Å²) in [7, 11) is -1.47. The van der Waals surface area contributed by atoms with Gasteiger partial charge in [0.1, 0.15) is 0 Å². The molecule has 1 rings (SSSR count). The van der Waals surface area contributed by atoms with E-state index in [1.54, 1.807) is 13.0 Å². The molecule has 0 radical (unpaired) electrons. The van der Waals surface area contributed by atoms with Crippen molar-refractivity contribution in [3.8, 4) is 0 Å². The summed E-state index contributed by atoms with van der Waals surface area (Å²) in [6, 6.07) is 0. The molecule has 1 aliphatic heterocycles. The number of epoxide rings is 1. The molecule has 0 bridgehead atoms. The van der Waals surface area contributed by atoms with E-state index in [-0.39, 0.29) is 12.1 Å². The molecule has 0 N–H and O–H groups in total. The van der Waals surface area contributed by atoms with Gasteiger partial charge in [0.2, 0.25) is 0 Å². The van der Waals surface area contributed by atoms with Crippen molar-refractivity contribution in [3.63, 3.8) is 0 Å². The molecule has 0 aromatic heterocycles. The molecule has 0 saturated carbocycles. The minimum atomic E-state index is -1.47. The predicted octanol–water partition coefficient (Wildman–Crippen LogP) is 3.48. The molecule has 0 amide bonds. The van der Waals surface area contributed by atoms with Crippen molar-refractivity contribution >= 4 is 14.0 Å². The smallest absolute Gasteiger partial charge is 0.337 e. The molecule has 1 heterocycles. The minimum absolute atomic E-state index is 0.132. The highest BCUT2D eigenvalue weighted by atomic mass is 28.3. The van der Waals surface area contributed by atoms with Gasteiger partial charge in [-0.15, -0.1) is 0 Å². The van der Waals surface area contributed by atoms with Gasteiger partial charge in [-0.05, 0) is 18.0 Å². The second-order valence-corrected chi connectivity index (χ2v) is 12.1. The van der Waals surface area contributed by atoms with Gasteiger partial charge in [-0.25, -0.2) is 4.79 Å². The van der Waals surface area contributed by atoms with Crippen LogP contribution in [0.3, 0.4) is 0 Å². The van der Waals surface area contributed by atoms with Crippen molar-refractivity contribution in [1.82, 2.24) is 0 Å². The van der Waals surface area contributed by atoms with E-state index < -0.39 is 8.07 Å². The fourth-order valence-electron chi connectivity index (χ4n) is 1.78. The number of ether oxygens (including phenoxy) is 2. The summed E-state index contributed by atoms with van der Waals surface area (Å²) in [6.45, 7) is 17.4. The summed E-state index contributed by atoms with van der Waals surface area (Å²) >= 11 is 0. The molecule has 19 heavy (non-hydrogen) atoms. The van der Waals surface area contributed by atoms with Gasteiger partial charge in [-0.1, -0.05) is 46.5 Å². The van der Waals surface area contributed by atoms with Gasteiger partial charge in [0.05, 0.1) is 32.1 Å². The average molecular weight is 282 g/mol. The molecule has 108 valence electrons. The monoisotopic (exact) mass is 282 g/mol. The lowest BCUT2D eigenvalue weighted by molar-refractivity contribution is -0.138. The fourth-order valence-corrected chi connectivity index (χ4v) is 4.06. The molecule has 3 nitrogen and oxygen atoms in total. The first kappa shape index (κ1) is 16.2. The van der Waals surface area contributed by atoms with Crippen molar-refractivity contribution in [2.24, 2.45) is 0 Å². The van der Waals surface area contributed by atoms with E-state index in [2.05, 4.69) is 40.4 Å². The number of carbonyl (C=O) groups is 1. The highest BCUT2D eigenvalue weighted by Gasteiger charge is 2.54. The van der Waals surface area contributed by atoms with E-state index in [0.717, 1.165) is 0 Å². The normalized spacial score (nSPS) is 23.5. The van der Waals surface area contributed by atoms with Crippen molar-refractivity contribution < 1.29 is 14.3 Å². The van der Waals surface area contributed by atoms with Crippen LogP contribution in [0.15, 0.2) is 24.3 Å². The highest BCUT2D eigenvalue weighted by Crippen LogP contribution is 2.46. The van der Waals surface area contributed by atoms with Gasteiger partial charge >= 0.3 is 5.97 Å². The minimum Gasteiger partial charge on any atom is -0.462 e.